The monoisotopic (exact) mass is 444 g/mol. The fourth-order valence-corrected chi connectivity index (χ4v) is 3.79. The van der Waals surface area contributed by atoms with E-state index in [1.54, 1.807) is 0 Å². The zero-order valence-electron chi connectivity index (χ0n) is 17.7. The van der Waals surface area contributed by atoms with Crippen LogP contribution in [0.3, 0.4) is 0 Å². The molecule has 0 unspecified atom stereocenters. The molecule has 7 nitrogen and oxygen atoms in total. The van der Waals surface area contributed by atoms with Gasteiger partial charge in [0.2, 0.25) is 5.82 Å². The molecule has 0 radical (unpaired) electrons. The molecule has 2 aromatic heterocycles. The van der Waals surface area contributed by atoms with Gasteiger partial charge in [0.05, 0.1) is 0 Å². The van der Waals surface area contributed by atoms with Crippen molar-refractivity contribution in [3.8, 4) is 22.5 Å². The van der Waals surface area contributed by atoms with Crippen molar-refractivity contribution in [3.05, 3.63) is 70.8 Å². The van der Waals surface area contributed by atoms with Gasteiger partial charge in [-0.3, -0.25) is 0 Å². The Bertz CT molecular complexity index is 1110. The minimum absolute atomic E-state index is 0. The number of aromatic amines is 1. The number of hydrogen-bond donors (Lipinski definition) is 1. The maximum absolute atomic E-state index is 11.7. The summed E-state index contributed by atoms with van der Waals surface area (Å²) < 4.78 is 1.97. The molecular formula is C22H22ClN6NaO. The van der Waals surface area contributed by atoms with Crippen LogP contribution >= 0.6 is 11.6 Å². The largest absolute Gasteiger partial charge is 1.00 e. The van der Waals surface area contributed by atoms with Gasteiger partial charge in [0.1, 0.15) is 11.0 Å². The standard InChI is InChI=1S/C22H22ClN6O.Na/c1-2-3-8-20-24-21(23)19(14-30)29(20)13-15-9-11-16(12-10-15)17-6-4-5-7-18(17)22-25-27-28-26-22;/h4-7,9-12H,2-3,8,13-14H2,1H3,(H,25,26,27,28);/q-1;+1. The Labute approximate surface area is 208 Å². The van der Waals surface area contributed by atoms with E-state index in [0.717, 1.165) is 47.3 Å². The Balaban J connectivity index is 0.00000272. The van der Waals surface area contributed by atoms with E-state index in [-0.39, 0.29) is 36.2 Å². The van der Waals surface area contributed by atoms with E-state index >= 15 is 0 Å². The van der Waals surface area contributed by atoms with Gasteiger partial charge in [-0.1, -0.05) is 80.1 Å². The summed E-state index contributed by atoms with van der Waals surface area (Å²) in [5.41, 5.74) is 4.63. The first-order valence-electron chi connectivity index (χ1n) is 9.95. The number of rotatable bonds is 8. The van der Waals surface area contributed by atoms with Gasteiger partial charge < -0.3 is 9.67 Å². The number of aryl methyl sites for hydroxylation is 1. The van der Waals surface area contributed by atoms with E-state index in [9.17, 15) is 5.11 Å². The summed E-state index contributed by atoms with van der Waals surface area (Å²) in [4.78, 5) is 4.43. The van der Waals surface area contributed by atoms with Gasteiger partial charge in [0.25, 0.3) is 0 Å². The molecule has 154 valence electrons. The van der Waals surface area contributed by atoms with Crippen molar-refractivity contribution >= 4 is 11.6 Å². The Morgan fingerprint density at radius 2 is 1.81 bits per heavy atom. The first-order valence-corrected chi connectivity index (χ1v) is 10.3. The molecule has 4 rings (SSSR count). The fraction of sp³-hybridized carbons (Fsp3) is 0.273. The summed E-state index contributed by atoms with van der Waals surface area (Å²) in [6.45, 7) is 2.33. The second kappa shape index (κ2) is 11.0. The van der Waals surface area contributed by atoms with E-state index < -0.39 is 0 Å². The molecule has 0 aliphatic carbocycles. The van der Waals surface area contributed by atoms with E-state index in [4.69, 9.17) is 11.6 Å². The molecule has 0 saturated carbocycles. The first kappa shape index (κ1) is 23.6. The van der Waals surface area contributed by atoms with Crippen molar-refractivity contribution in [1.82, 2.24) is 30.2 Å². The second-order valence-corrected chi connectivity index (χ2v) is 7.44. The molecule has 0 amide bonds. The average molecular weight is 445 g/mol. The SMILES string of the molecule is CCCCc1nc(Cl)c(C[O-])n1Cc1ccc(-c2ccccc2-c2nn[nH]n2)cc1.[Na+]. The Morgan fingerprint density at radius 3 is 2.45 bits per heavy atom. The third-order valence-electron chi connectivity index (χ3n) is 5.11. The summed E-state index contributed by atoms with van der Waals surface area (Å²) in [7, 11) is 0. The molecule has 2 heterocycles. The quantitative estimate of drug-likeness (QED) is 0.402. The number of hydrogen-bond acceptors (Lipinski definition) is 5. The average Bonchev–Trinajstić information content (AvgIpc) is 3.41. The van der Waals surface area contributed by atoms with Crippen LogP contribution < -0.4 is 34.7 Å². The Kier molecular flexibility index (Phi) is 8.40. The molecule has 2 aromatic carbocycles. The van der Waals surface area contributed by atoms with Gasteiger partial charge in [0, 0.05) is 24.2 Å². The molecule has 0 saturated heterocycles. The number of tetrazole rings is 1. The van der Waals surface area contributed by atoms with Crippen molar-refractivity contribution in [2.45, 2.75) is 39.3 Å². The number of H-pyrrole nitrogens is 1. The van der Waals surface area contributed by atoms with Crippen LogP contribution in [0.1, 0.15) is 36.8 Å². The van der Waals surface area contributed by atoms with Crippen LogP contribution in [0.2, 0.25) is 5.15 Å². The molecule has 1 N–H and O–H groups in total. The number of nitrogens with zero attached hydrogens (tertiary/aromatic N) is 5. The predicted octanol–water partition coefficient (Wildman–Crippen LogP) is 0.639. The maximum Gasteiger partial charge on any atom is 1.00 e. The molecule has 4 aromatic rings. The van der Waals surface area contributed by atoms with Crippen LogP contribution in [0.4, 0.5) is 0 Å². The zero-order chi connectivity index (χ0) is 20.9. The van der Waals surface area contributed by atoms with E-state index in [1.165, 1.54) is 0 Å². The molecule has 0 fully saturated rings. The number of aromatic nitrogens is 6. The normalized spacial score (nSPS) is 10.8. The third kappa shape index (κ3) is 5.25. The van der Waals surface area contributed by atoms with Crippen LogP contribution in [0.15, 0.2) is 48.5 Å². The molecule has 31 heavy (non-hydrogen) atoms. The van der Waals surface area contributed by atoms with Gasteiger partial charge in [-0.25, -0.2) is 4.98 Å². The Morgan fingerprint density at radius 1 is 1.06 bits per heavy atom. The molecule has 0 aliphatic rings. The van der Waals surface area contributed by atoms with Crippen LogP contribution in [0.5, 0.6) is 0 Å². The summed E-state index contributed by atoms with van der Waals surface area (Å²) in [6, 6.07) is 16.2. The minimum atomic E-state index is -0.381. The van der Waals surface area contributed by atoms with Crippen LogP contribution in [0, 0.1) is 0 Å². The van der Waals surface area contributed by atoms with Crippen molar-refractivity contribution < 1.29 is 34.7 Å². The molecular weight excluding hydrogens is 423 g/mol. The summed E-state index contributed by atoms with van der Waals surface area (Å²) in [6.07, 6.45) is 2.88. The van der Waals surface area contributed by atoms with Crippen LogP contribution in [-0.4, -0.2) is 30.2 Å². The smallest absolute Gasteiger partial charge is 0.850 e. The molecule has 0 atom stereocenters. The number of nitrogens with one attached hydrogen (secondary N) is 1. The molecule has 9 heteroatoms. The van der Waals surface area contributed by atoms with Gasteiger partial charge in [-0.05, 0) is 28.3 Å². The van der Waals surface area contributed by atoms with Crippen LogP contribution in [-0.2, 0) is 19.6 Å². The Hall–Kier alpha value is -2.03. The van der Waals surface area contributed by atoms with Crippen molar-refractivity contribution in [2.75, 3.05) is 0 Å². The van der Waals surface area contributed by atoms with Gasteiger partial charge in [-0.2, -0.15) is 5.21 Å². The van der Waals surface area contributed by atoms with Crippen molar-refractivity contribution in [2.24, 2.45) is 0 Å². The molecule has 0 spiro atoms. The number of halogens is 1. The van der Waals surface area contributed by atoms with Crippen LogP contribution in [0.25, 0.3) is 22.5 Å². The van der Waals surface area contributed by atoms with Gasteiger partial charge >= 0.3 is 29.6 Å². The van der Waals surface area contributed by atoms with E-state index in [1.807, 2.05) is 28.8 Å². The fourth-order valence-electron chi connectivity index (χ4n) is 3.53. The summed E-state index contributed by atoms with van der Waals surface area (Å²) in [5, 5.41) is 26.4. The molecule has 0 bridgehead atoms. The predicted molar refractivity (Wildman–Crippen MR) is 114 cm³/mol. The van der Waals surface area contributed by atoms with Gasteiger partial charge in [-0.15, -0.1) is 10.2 Å². The van der Waals surface area contributed by atoms with E-state index in [0.29, 0.717) is 23.2 Å². The number of imidazole rings is 1. The maximum atomic E-state index is 11.7. The topological polar surface area (TPSA) is 95.3 Å². The van der Waals surface area contributed by atoms with E-state index in [2.05, 4.69) is 56.8 Å². The number of benzene rings is 2. The summed E-state index contributed by atoms with van der Waals surface area (Å²) in [5.74, 6) is 1.43. The van der Waals surface area contributed by atoms with Gasteiger partial charge in [0.15, 0.2) is 0 Å². The summed E-state index contributed by atoms with van der Waals surface area (Å²) >= 11 is 6.22. The first-order chi connectivity index (χ1) is 14.7. The third-order valence-corrected chi connectivity index (χ3v) is 5.41. The van der Waals surface area contributed by atoms with Crippen molar-refractivity contribution in [1.29, 1.82) is 0 Å². The minimum Gasteiger partial charge on any atom is -0.850 e. The van der Waals surface area contributed by atoms with Crippen molar-refractivity contribution in [3.63, 3.8) is 0 Å². The number of unbranched alkanes of at least 4 members (excludes halogenated alkanes) is 1. The second-order valence-electron chi connectivity index (χ2n) is 7.08. The molecule has 0 aliphatic heterocycles. The zero-order valence-corrected chi connectivity index (χ0v) is 20.4.